The molecule has 2 fully saturated rings. The molecular formula is C25H28N2O5. The van der Waals surface area contributed by atoms with Gasteiger partial charge in [-0.05, 0) is 24.6 Å². The number of ketones is 2. The van der Waals surface area contributed by atoms with Crippen LogP contribution < -0.4 is 4.74 Å². The number of hydrogen-bond acceptors (Lipinski definition) is 6. The third-order valence-corrected chi connectivity index (χ3v) is 6.22. The normalized spacial score (nSPS) is 21.8. The van der Waals surface area contributed by atoms with Gasteiger partial charge < -0.3 is 14.4 Å². The average Bonchev–Trinajstić information content (AvgIpc) is 3.08. The van der Waals surface area contributed by atoms with Crippen molar-refractivity contribution in [1.29, 1.82) is 0 Å². The molecule has 1 amide bonds. The topological polar surface area (TPSA) is 76.2 Å². The van der Waals surface area contributed by atoms with Gasteiger partial charge in [0.05, 0.1) is 26.4 Å². The maximum Gasteiger partial charge on any atom is 0.291 e. The Bertz CT molecular complexity index is 998. The highest BCUT2D eigenvalue weighted by molar-refractivity contribution is 6.44. The Hall–Kier alpha value is -3.03. The largest absolute Gasteiger partial charge is 0.497 e. The molecule has 0 spiro atoms. The minimum absolute atomic E-state index is 0.329. The molecule has 32 heavy (non-hydrogen) atoms. The Morgan fingerprint density at radius 1 is 1.06 bits per heavy atom. The highest BCUT2D eigenvalue weighted by Crippen LogP contribution is 2.39. The number of Topliss-reactive ketones (excluding diaryl/α,β-unsaturated/α-hetero) is 2. The molecule has 7 heteroatoms. The van der Waals surface area contributed by atoms with Crippen molar-refractivity contribution in [2.75, 3.05) is 46.5 Å². The van der Waals surface area contributed by atoms with Crippen molar-refractivity contribution in [3.63, 3.8) is 0 Å². The maximum absolute atomic E-state index is 13.4. The lowest BCUT2D eigenvalue weighted by molar-refractivity contribution is -0.141. The summed E-state index contributed by atoms with van der Waals surface area (Å²) >= 11 is 0. The van der Waals surface area contributed by atoms with Gasteiger partial charge in [0.15, 0.2) is 5.78 Å². The van der Waals surface area contributed by atoms with Crippen molar-refractivity contribution in [2.24, 2.45) is 5.92 Å². The summed E-state index contributed by atoms with van der Waals surface area (Å²) in [6.45, 7) is 5.79. The Kier molecular flexibility index (Phi) is 6.67. The summed E-state index contributed by atoms with van der Waals surface area (Å²) in [5.74, 6) is -2.04. The molecule has 2 aliphatic rings. The number of hydrogen-bond donors (Lipinski definition) is 0. The highest BCUT2D eigenvalue weighted by atomic mass is 16.5. The lowest BCUT2D eigenvalue weighted by atomic mass is 9.86. The van der Waals surface area contributed by atoms with Gasteiger partial charge in [-0.25, -0.2) is 0 Å². The molecule has 2 atom stereocenters. The van der Waals surface area contributed by atoms with Crippen molar-refractivity contribution < 1.29 is 23.9 Å². The van der Waals surface area contributed by atoms with Crippen LogP contribution in [0.1, 0.15) is 27.5 Å². The van der Waals surface area contributed by atoms with E-state index in [4.69, 9.17) is 9.47 Å². The SMILES string of the molecule is COc1cccc(C2C(C(=O)c3ccc(C)cc3)C(=O)C(=O)N2CCN2CCOCC2)c1. The molecule has 4 rings (SSSR count). The number of aryl methyl sites for hydroxylation is 1. The van der Waals surface area contributed by atoms with Crippen LogP contribution in [0.3, 0.4) is 0 Å². The summed E-state index contributed by atoms with van der Waals surface area (Å²) in [5.41, 5.74) is 2.17. The van der Waals surface area contributed by atoms with E-state index in [2.05, 4.69) is 4.90 Å². The summed E-state index contributed by atoms with van der Waals surface area (Å²) in [6, 6.07) is 13.7. The van der Waals surface area contributed by atoms with E-state index in [1.807, 2.05) is 31.2 Å². The number of methoxy groups -OCH3 is 1. The van der Waals surface area contributed by atoms with E-state index < -0.39 is 23.7 Å². The molecule has 0 aromatic heterocycles. The smallest absolute Gasteiger partial charge is 0.291 e. The predicted octanol–water partition coefficient (Wildman–Crippen LogP) is 2.29. The van der Waals surface area contributed by atoms with E-state index in [0.29, 0.717) is 37.6 Å². The van der Waals surface area contributed by atoms with Crippen LogP contribution in [0.25, 0.3) is 0 Å². The van der Waals surface area contributed by atoms with Crippen molar-refractivity contribution in [1.82, 2.24) is 9.80 Å². The highest BCUT2D eigenvalue weighted by Gasteiger charge is 2.51. The molecule has 0 N–H and O–H groups in total. The Morgan fingerprint density at radius 2 is 1.78 bits per heavy atom. The van der Waals surface area contributed by atoms with Crippen molar-refractivity contribution in [3.8, 4) is 5.75 Å². The number of carbonyl (C=O) groups excluding carboxylic acids is 3. The molecule has 2 aromatic carbocycles. The van der Waals surface area contributed by atoms with Crippen LogP contribution in [0, 0.1) is 12.8 Å². The van der Waals surface area contributed by atoms with E-state index in [0.717, 1.165) is 24.2 Å². The van der Waals surface area contributed by atoms with Gasteiger partial charge in [-0.1, -0.05) is 42.0 Å². The Balaban J connectivity index is 1.68. The van der Waals surface area contributed by atoms with E-state index in [9.17, 15) is 14.4 Å². The first-order valence-electron chi connectivity index (χ1n) is 10.9. The van der Waals surface area contributed by atoms with Crippen LogP contribution in [0.4, 0.5) is 0 Å². The molecule has 0 radical (unpaired) electrons. The number of amides is 1. The van der Waals surface area contributed by atoms with Crippen LogP contribution >= 0.6 is 0 Å². The molecular weight excluding hydrogens is 408 g/mol. The quantitative estimate of drug-likeness (QED) is 0.377. The van der Waals surface area contributed by atoms with Gasteiger partial charge in [-0.15, -0.1) is 0 Å². The van der Waals surface area contributed by atoms with Crippen LogP contribution in [0.15, 0.2) is 48.5 Å². The van der Waals surface area contributed by atoms with Crippen LogP contribution in [-0.4, -0.2) is 73.8 Å². The fourth-order valence-electron chi connectivity index (χ4n) is 4.40. The zero-order valence-electron chi connectivity index (χ0n) is 18.5. The number of carbonyl (C=O) groups is 3. The average molecular weight is 437 g/mol. The van der Waals surface area contributed by atoms with Gasteiger partial charge in [0.2, 0.25) is 5.78 Å². The van der Waals surface area contributed by atoms with Crippen molar-refractivity contribution in [2.45, 2.75) is 13.0 Å². The molecule has 7 nitrogen and oxygen atoms in total. The Morgan fingerprint density at radius 3 is 2.47 bits per heavy atom. The summed E-state index contributed by atoms with van der Waals surface area (Å²) in [4.78, 5) is 43.4. The van der Waals surface area contributed by atoms with E-state index >= 15 is 0 Å². The summed E-state index contributed by atoms with van der Waals surface area (Å²) in [5, 5.41) is 0. The molecule has 2 saturated heterocycles. The monoisotopic (exact) mass is 436 g/mol. The lowest BCUT2D eigenvalue weighted by Gasteiger charge is -2.31. The molecule has 2 aromatic rings. The second-order valence-electron chi connectivity index (χ2n) is 8.25. The molecule has 168 valence electrons. The van der Waals surface area contributed by atoms with Crippen molar-refractivity contribution in [3.05, 3.63) is 65.2 Å². The first-order chi connectivity index (χ1) is 15.5. The van der Waals surface area contributed by atoms with Gasteiger partial charge >= 0.3 is 0 Å². The zero-order valence-corrected chi connectivity index (χ0v) is 18.5. The fourth-order valence-corrected chi connectivity index (χ4v) is 4.40. The number of ether oxygens (including phenoxy) is 2. The van der Waals surface area contributed by atoms with Gasteiger partial charge in [-0.2, -0.15) is 0 Å². The van der Waals surface area contributed by atoms with Gasteiger partial charge in [-0.3, -0.25) is 19.3 Å². The van der Waals surface area contributed by atoms with Crippen molar-refractivity contribution >= 4 is 17.5 Å². The molecule has 0 aliphatic carbocycles. The number of morpholine rings is 1. The lowest BCUT2D eigenvalue weighted by Crippen LogP contribution is -2.42. The number of nitrogens with zero attached hydrogens (tertiary/aromatic N) is 2. The van der Waals surface area contributed by atoms with Crippen LogP contribution in [0.2, 0.25) is 0 Å². The third-order valence-electron chi connectivity index (χ3n) is 6.22. The standard InChI is InChI=1S/C25H28N2O5/c1-17-6-8-18(9-7-17)23(28)21-22(19-4-3-5-20(16-19)31-2)27(25(30)24(21)29)11-10-26-12-14-32-15-13-26/h3-9,16,21-22H,10-15H2,1-2H3. The Labute approximate surface area is 187 Å². The number of benzene rings is 2. The molecule has 0 bridgehead atoms. The predicted molar refractivity (Wildman–Crippen MR) is 119 cm³/mol. The first-order valence-corrected chi connectivity index (χ1v) is 10.9. The summed E-state index contributed by atoms with van der Waals surface area (Å²) in [6.07, 6.45) is 0. The molecule has 0 saturated carbocycles. The van der Waals surface area contributed by atoms with Gasteiger partial charge in [0, 0.05) is 31.7 Å². The van der Waals surface area contributed by atoms with Gasteiger partial charge in [0.25, 0.3) is 5.91 Å². The summed E-state index contributed by atoms with van der Waals surface area (Å²) < 4.78 is 10.8. The van der Waals surface area contributed by atoms with E-state index in [1.165, 1.54) is 0 Å². The minimum Gasteiger partial charge on any atom is -0.497 e. The van der Waals surface area contributed by atoms with Crippen LogP contribution in [0.5, 0.6) is 5.75 Å². The maximum atomic E-state index is 13.4. The summed E-state index contributed by atoms with van der Waals surface area (Å²) in [7, 11) is 1.56. The molecule has 2 aliphatic heterocycles. The molecule has 2 heterocycles. The minimum atomic E-state index is -1.08. The second-order valence-corrected chi connectivity index (χ2v) is 8.25. The fraction of sp³-hybridized carbons (Fsp3) is 0.400. The third kappa shape index (κ3) is 4.45. The van der Waals surface area contributed by atoms with Crippen LogP contribution in [-0.2, 0) is 14.3 Å². The molecule has 2 unspecified atom stereocenters. The second kappa shape index (κ2) is 9.63. The first kappa shape index (κ1) is 22.2. The number of likely N-dealkylation sites (tertiary alicyclic amines) is 1. The zero-order chi connectivity index (χ0) is 22.7. The van der Waals surface area contributed by atoms with E-state index in [-0.39, 0.29) is 5.78 Å². The number of rotatable bonds is 7. The van der Waals surface area contributed by atoms with E-state index in [1.54, 1.807) is 36.3 Å². The van der Waals surface area contributed by atoms with Gasteiger partial charge in [0.1, 0.15) is 11.7 Å².